The number of rotatable bonds is 7. The van der Waals surface area contributed by atoms with Crippen molar-refractivity contribution < 1.29 is 0 Å². The molecule has 0 saturated heterocycles. The molecule has 6 heteroatoms. The minimum atomic E-state index is 0.626. The van der Waals surface area contributed by atoms with Gasteiger partial charge in [-0.2, -0.15) is 10.1 Å². The number of hydrogen-bond acceptors (Lipinski definition) is 6. The molecule has 0 fully saturated rings. The fraction of sp³-hybridized carbons (Fsp3) is 0.263. The Balaban J connectivity index is 1.74. The zero-order chi connectivity index (χ0) is 17.5. The molecule has 0 saturated carbocycles. The Morgan fingerprint density at radius 3 is 2.48 bits per heavy atom. The fourth-order valence-electron chi connectivity index (χ4n) is 2.61. The van der Waals surface area contributed by atoms with Gasteiger partial charge >= 0.3 is 0 Å². The van der Waals surface area contributed by atoms with Crippen LogP contribution in [0.2, 0.25) is 0 Å². The Morgan fingerprint density at radius 2 is 1.76 bits per heavy atom. The summed E-state index contributed by atoms with van der Waals surface area (Å²) in [4.78, 5) is 12.9. The highest BCUT2D eigenvalue weighted by molar-refractivity contribution is 5.59. The van der Waals surface area contributed by atoms with E-state index in [4.69, 9.17) is 4.98 Å². The lowest BCUT2D eigenvalue weighted by Crippen LogP contribution is -2.25. The molecule has 1 aromatic carbocycles. The van der Waals surface area contributed by atoms with E-state index in [0.717, 1.165) is 31.0 Å². The second-order valence-corrected chi connectivity index (χ2v) is 5.72. The molecule has 6 nitrogen and oxygen atoms in total. The summed E-state index contributed by atoms with van der Waals surface area (Å²) in [7, 11) is 1.99. The van der Waals surface area contributed by atoms with Crippen molar-refractivity contribution in [3.05, 3.63) is 66.6 Å². The molecular formula is C19H22N6. The third-order valence-corrected chi connectivity index (χ3v) is 4.02. The van der Waals surface area contributed by atoms with Gasteiger partial charge in [0.2, 0.25) is 5.95 Å². The topological polar surface area (TPSA) is 58.0 Å². The third kappa shape index (κ3) is 4.29. The zero-order valence-electron chi connectivity index (χ0n) is 14.6. The number of likely N-dealkylation sites (N-methyl/N-ethyl adjacent to an activating group) is 1. The number of para-hydroxylation sites is 1. The first-order chi connectivity index (χ1) is 12.3. The first-order valence-electron chi connectivity index (χ1n) is 8.40. The lowest BCUT2D eigenvalue weighted by Gasteiger charge is -2.23. The van der Waals surface area contributed by atoms with E-state index in [9.17, 15) is 0 Å². The molecule has 0 aliphatic heterocycles. The standard InChI is InChI=1S/C19H22N6/c1-3-25(17-7-5-4-6-8-17)18-15-21-23-19(22-18)24(2)14-11-16-9-12-20-13-10-16/h4-10,12-13,15H,3,11,14H2,1-2H3. The number of nitrogens with zero attached hydrogens (tertiary/aromatic N) is 6. The van der Waals surface area contributed by atoms with Crippen molar-refractivity contribution in [3.63, 3.8) is 0 Å². The van der Waals surface area contributed by atoms with E-state index < -0.39 is 0 Å². The summed E-state index contributed by atoms with van der Waals surface area (Å²) in [5.41, 5.74) is 2.33. The van der Waals surface area contributed by atoms with Crippen molar-refractivity contribution in [2.75, 3.05) is 29.9 Å². The maximum Gasteiger partial charge on any atom is 0.247 e. The molecule has 3 rings (SSSR count). The number of benzene rings is 1. The molecule has 0 spiro atoms. The zero-order valence-corrected chi connectivity index (χ0v) is 14.6. The Labute approximate surface area is 148 Å². The molecule has 25 heavy (non-hydrogen) atoms. The molecule has 0 unspecified atom stereocenters. The predicted octanol–water partition coefficient (Wildman–Crippen LogP) is 3.10. The van der Waals surface area contributed by atoms with Gasteiger partial charge in [0, 0.05) is 38.2 Å². The van der Waals surface area contributed by atoms with Gasteiger partial charge < -0.3 is 9.80 Å². The van der Waals surface area contributed by atoms with Crippen LogP contribution in [0.25, 0.3) is 0 Å². The summed E-state index contributed by atoms with van der Waals surface area (Å²) in [5.74, 6) is 1.43. The summed E-state index contributed by atoms with van der Waals surface area (Å²) in [6.45, 7) is 3.72. The number of pyridine rings is 1. The van der Waals surface area contributed by atoms with Gasteiger partial charge in [0.15, 0.2) is 5.82 Å². The third-order valence-electron chi connectivity index (χ3n) is 4.02. The Kier molecular flexibility index (Phi) is 5.51. The summed E-state index contributed by atoms with van der Waals surface area (Å²) >= 11 is 0. The van der Waals surface area contributed by atoms with Gasteiger partial charge in [-0.15, -0.1) is 5.10 Å². The van der Waals surface area contributed by atoms with Crippen molar-refractivity contribution >= 4 is 17.5 Å². The van der Waals surface area contributed by atoms with Crippen molar-refractivity contribution in [2.45, 2.75) is 13.3 Å². The SMILES string of the molecule is CCN(c1ccccc1)c1cnnc(N(C)CCc2ccncc2)n1. The van der Waals surface area contributed by atoms with Crippen LogP contribution >= 0.6 is 0 Å². The van der Waals surface area contributed by atoms with Gasteiger partial charge in [-0.3, -0.25) is 4.98 Å². The molecule has 3 aromatic rings. The van der Waals surface area contributed by atoms with E-state index in [0.29, 0.717) is 5.95 Å². The Bertz CT molecular complexity index is 778. The molecule has 0 radical (unpaired) electrons. The van der Waals surface area contributed by atoms with E-state index in [1.807, 2.05) is 54.7 Å². The molecular weight excluding hydrogens is 312 g/mol. The lowest BCUT2D eigenvalue weighted by atomic mass is 10.2. The molecule has 2 heterocycles. The molecule has 0 aliphatic rings. The summed E-state index contributed by atoms with van der Waals surface area (Å²) in [6.07, 6.45) is 6.24. The van der Waals surface area contributed by atoms with Crippen LogP contribution in [0.1, 0.15) is 12.5 Å². The summed E-state index contributed by atoms with van der Waals surface area (Å²) in [6, 6.07) is 14.2. The summed E-state index contributed by atoms with van der Waals surface area (Å²) < 4.78 is 0. The van der Waals surface area contributed by atoms with Crippen LogP contribution in [-0.4, -0.2) is 40.3 Å². The highest BCUT2D eigenvalue weighted by atomic mass is 15.3. The van der Waals surface area contributed by atoms with E-state index in [2.05, 4.69) is 39.1 Å². The van der Waals surface area contributed by atoms with Gasteiger partial charge in [-0.05, 0) is 43.2 Å². The van der Waals surface area contributed by atoms with Crippen LogP contribution in [0, 0.1) is 0 Å². The van der Waals surface area contributed by atoms with Crippen LogP contribution in [0.15, 0.2) is 61.1 Å². The van der Waals surface area contributed by atoms with E-state index in [-0.39, 0.29) is 0 Å². The molecule has 0 atom stereocenters. The number of hydrogen-bond donors (Lipinski definition) is 0. The van der Waals surface area contributed by atoms with E-state index >= 15 is 0 Å². The van der Waals surface area contributed by atoms with Crippen molar-refractivity contribution in [2.24, 2.45) is 0 Å². The predicted molar refractivity (Wildman–Crippen MR) is 100 cm³/mol. The molecule has 128 valence electrons. The van der Waals surface area contributed by atoms with Gasteiger partial charge in [-0.25, -0.2) is 0 Å². The maximum atomic E-state index is 4.70. The fourth-order valence-corrected chi connectivity index (χ4v) is 2.61. The number of anilines is 3. The van der Waals surface area contributed by atoms with E-state index in [1.54, 1.807) is 6.20 Å². The maximum absolute atomic E-state index is 4.70. The second-order valence-electron chi connectivity index (χ2n) is 5.72. The minimum Gasteiger partial charge on any atom is -0.342 e. The van der Waals surface area contributed by atoms with Crippen molar-refractivity contribution in [1.29, 1.82) is 0 Å². The lowest BCUT2D eigenvalue weighted by molar-refractivity contribution is 0.804. The van der Waals surface area contributed by atoms with Crippen LogP contribution in [0.3, 0.4) is 0 Å². The first-order valence-corrected chi connectivity index (χ1v) is 8.40. The average molecular weight is 334 g/mol. The quantitative estimate of drug-likeness (QED) is 0.662. The molecule has 0 amide bonds. The summed E-state index contributed by atoms with van der Waals surface area (Å²) in [5, 5.41) is 8.34. The molecule has 2 aromatic heterocycles. The van der Waals surface area contributed by atoms with Gasteiger partial charge in [0.05, 0.1) is 6.20 Å². The van der Waals surface area contributed by atoms with Crippen molar-refractivity contribution in [1.82, 2.24) is 20.2 Å². The van der Waals surface area contributed by atoms with Crippen LogP contribution < -0.4 is 9.80 Å². The average Bonchev–Trinajstić information content (AvgIpc) is 2.69. The second kappa shape index (κ2) is 8.19. The monoisotopic (exact) mass is 334 g/mol. The molecule has 0 bridgehead atoms. The highest BCUT2D eigenvalue weighted by Gasteiger charge is 2.12. The van der Waals surface area contributed by atoms with Gasteiger partial charge in [-0.1, -0.05) is 18.2 Å². The Morgan fingerprint density at radius 1 is 1.00 bits per heavy atom. The van der Waals surface area contributed by atoms with E-state index in [1.165, 1.54) is 5.56 Å². The van der Waals surface area contributed by atoms with Gasteiger partial charge in [0.1, 0.15) is 0 Å². The minimum absolute atomic E-state index is 0.626. The van der Waals surface area contributed by atoms with Crippen molar-refractivity contribution in [3.8, 4) is 0 Å². The molecule has 0 N–H and O–H groups in total. The van der Waals surface area contributed by atoms with Crippen LogP contribution in [0.4, 0.5) is 17.5 Å². The normalized spacial score (nSPS) is 10.5. The van der Waals surface area contributed by atoms with Crippen LogP contribution in [-0.2, 0) is 6.42 Å². The largest absolute Gasteiger partial charge is 0.342 e. The van der Waals surface area contributed by atoms with Crippen LogP contribution in [0.5, 0.6) is 0 Å². The molecule has 0 aliphatic carbocycles. The van der Waals surface area contributed by atoms with Gasteiger partial charge in [0.25, 0.3) is 0 Å². The Hall–Kier alpha value is -3.02. The highest BCUT2D eigenvalue weighted by Crippen LogP contribution is 2.23. The number of aromatic nitrogens is 4. The smallest absolute Gasteiger partial charge is 0.247 e. The first kappa shape index (κ1) is 16.8.